The molecule has 0 amide bonds. The Kier molecular flexibility index (Phi) is 6.05. The van der Waals surface area contributed by atoms with Crippen LogP contribution in [0.25, 0.3) is 22.6 Å². The van der Waals surface area contributed by atoms with Gasteiger partial charge in [-0.15, -0.1) is 5.10 Å². The fourth-order valence-electron chi connectivity index (χ4n) is 4.46. The van der Waals surface area contributed by atoms with Crippen LogP contribution in [0.5, 0.6) is 11.5 Å². The Morgan fingerprint density at radius 1 is 1.00 bits per heavy atom. The van der Waals surface area contributed by atoms with Crippen molar-refractivity contribution >= 4 is 22.6 Å². The number of methoxy groups -OCH3 is 2. The lowest BCUT2D eigenvalue weighted by atomic mass is 10.1. The van der Waals surface area contributed by atoms with E-state index in [0.717, 1.165) is 27.9 Å². The molecule has 0 saturated heterocycles. The minimum absolute atomic E-state index is 0.276. The van der Waals surface area contributed by atoms with Gasteiger partial charge in [0.05, 0.1) is 32.0 Å². The lowest BCUT2D eigenvalue weighted by Gasteiger charge is -2.14. The Morgan fingerprint density at radius 2 is 1.72 bits per heavy atom. The lowest BCUT2D eigenvalue weighted by molar-refractivity contribution is 0.355. The molecule has 3 aromatic heterocycles. The summed E-state index contributed by atoms with van der Waals surface area (Å²) in [7, 11) is 3.16. The van der Waals surface area contributed by atoms with Gasteiger partial charge in [0.25, 0.3) is 0 Å². The molecule has 36 heavy (non-hydrogen) atoms. The summed E-state index contributed by atoms with van der Waals surface area (Å²) in [5.41, 5.74) is 4.93. The van der Waals surface area contributed by atoms with E-state index >= 15 is 0 Å². The van der Waals surface area contributed by atoms with E-state index in [1.54, 1.807) is 24.9 Å². The third-order valence-corrected chi connectivity index (χ3v) is 6.30. The SMILES string of the molecule is C=Cc1ccc(Cn2c(=O)n3nc(CCn4nc(C)cc4C)nc3c3cc(OC)c(OC)cc32)cc1. The van der Waals surface area contributed by atoms with Crippen molar-refractivity contribution in [2.24, 2.45) is 0 Å². The number of nitrogens with zero attached hydrogens (tertiary/aromatic N) is 6. The van der Waals surface area contributed by atoms with Gasteiger partial charge >= 0.3 is 5.69 Å². The van der Waals surface area contributed by atoms with Crippen molar-refractivity contribution in [3.63, 3.8) is 0 Å². The molecule has 5 rings (SSSR count). The molecule has 0 saturated carbocycles. The molecule has 184 valence electrons. The zero-order chi connectivity index (χ0) is 25.4. The molecule has 0 radical (unpaired) electrons. The van der Waals surface area contributed by atoms with Gasteiger partial charge in [0, 0.05) is 30.1 Å². The van der Waals surface area contributed by atoms with Crippen molar-refractivity contribution in [1.82, 2.24) is 28.9 Å². The number of hydrogen-bond donors (Lipinski definition) is 0. The largest absolute Gasteiger partial charge is 0.493 e. The number of benzene rings is 2. The van der Waals surface area contributed by atoms with Crippen LogP contribution >= 0.6 is 0 Å². The molecule has 0 fully saturated rings. The molecule has 9 heteroatoms. The van der Waals surface area contributed by atoms with Gasteiger partial charge in [-0.1, -0.05) is 36.9 Å². The molecule has 0 unspecified atom stereocenters. The highest BCUT2D eigenvalue weighted by atomic mass is 16.5. The van der Waals surface area contributed by atoms with Gasteiger partial charge in [-0.3, -0.25) is 9.25 Å². The summed E-state index contributed by atoms with van der Waals surface area (Å²) in [6.07, 6.45) is 2.33. The fourth-order valence-corrected chi connectivity index (χ4v) is 4.46. The van der Waals surface area contributed by atoms with Gasteiger partial charge in [-0.2, -0.15) is 9.61 Å². The minimum atomic E-state index is -0.276. The van der Waals surface area contributed by atoms with Crippen LogP contribution < -0.4 is 15.2 Å². The third kappa shape index (κ3) is 4.13. The zero-order valence-electron chi connectivity index (χ0n) is 20.9. The molecule has 5 aromatic rings. The van der Waals surface area contributed by atoms with E-state index in [-0.39, 0.29) is 5.69 Å². The van der Waals surface area contributed by atoms with E-state index in [1.807, 2.05) is 61.0 Å². The first kappa shape index (κ1) is 23.3. The van der Waals surface area contributed by atoms with Crippen molar-refractivity contribution in [3.8, 4) is 11.5 Å². The van der Waals surface area contributed by atoms with E-state index in [4.69, 9.17) is 14.5 Å². The number of ether oxygens (including phenoxy) is 2. The molecule has 0 aliphatic rings. The molecule has 3 heterocycles. The fraction of sp³-hybridized carbons (Fsp3) is 0.259. The molecule has 0 bridgehead atoms. The summed E-state index contributed by atoms with van der Waals surface area (Å²) in [6.45, 7) is 8.77. The van der Waals surface area contributed by atoms with Crippen LogP contribution in [0.15, 0.2) is 53.8 Å². The first-order valence-corrected chi connectivity index (χ1v) is 11.7. The summed E-state index contributed by atoms with van der Waals surface area (Å²) < 4.78 is 16.1. The van der Waals surface area contributed by atoms with Crippen molar-refractivity contribution in [2.75, 3.05) is 14.2 Å². The van der Waals surface area contributed by atoms with Crippen LogP contribution in [0.4, 0.5) is 0 Å². The molecular formula is C27H28N6O3. The highest BCUT2D eigenvalue weighted by molar-refractivity contribution is 5.94. The summed E-state index contributed by atoms with van der Waals surface area (Å²) in [5.74, 6) is 1.66. The molecule has 0 atom stereocenters. The van der Waals surface area contributed by atoms with Crippen molar-refractivity contribution < 1.29 is 9.47 Å². The average Bonchev–Trinajstić information content (AvgIpc) is 3.47. The van der Waals surface area contributed by atoms with Crippen LogP contribution in [-0.2, 0) is 19.5 Å². The quantitative estimate of drug-likeness (QED) is 0.333. The number of aryl methyl sites for hydroxylation is 4. The highest BCUT2D eigenvalue weighted by Gasteiger charge is 2.19. The number of aromatic nitrogens is 6. The van der Waals surface area contributed by atoms with Gasteiger partial charge in [-0.05, 0) is 37.1 Å². The van der Waals surface area contributed by atoms with Crippen LogP contribution in [0.3, 0.4) is 0 Å². The van der Waals surface area contributed by atoms with Crippen LogP contribution in [0.1, 0.15) is 28.3 Å². The highest BCUT2D eigenvalue weighted by Crippen LogP contribution is 2.33. The molecule has 9 nitrogen and oxygen atoms in total. The second-order valence-electron chi connectivity index (χ2n) is 8.70. The van der Waals surface area contributed by atoms with Gasteiger partial charge < -0.3 is 9.47 Å². The minimum Gasteiger partial charge on any atom is -0.493 e. The normalized spacial score (nSPS) is 11.3. The molecule has 2 aromatic carbocycles. The monoisotopic (exact) mass is 484 g/mol. The lowest BCUT2D eigenvalue weighted by Crippen LogP contribution is -2.28. The number of fused-ring (bicyclic) bond motifs is 3. The van der Waals surface area contributed by atoms with E-state index in [2.05, 4.69) is 16.8 Å². The third-order valence-electron chi connectivity index (χ3n) is 6.30. The number of hydrogen-bond acceptors (Lipinski definition) is 6. The average molecular weight is 485 g/mol. The van der Waals surface area contributed by atoms with Gasteiger partial charge in [-0.25, -0.2) is 9.78 Å². The summed E-state index contributed by atoms with van der Waals surface area (Å²) >= 11 is 0. The maximum Gasteiger partial charge on any atom is 0.351 e. The van der Waals surface area contributed by atoms with E-state index in [1.165, 1.54) is 4.52 Å². The van der Waals surface area contributed by atoms with Crippen molar-refractivity contribution in [3.05, 3.63) is 87.9 Å². The topological polar surface area (TPSA) is 88.5 Å². The molecule has 0 aliphatic heterocycles. The van der Waals surface area contributed by atoms with Gasteiger partial charge in [0.15, 0.2) is 23.0 Å². The van der Waals surface area contributed by atoms with Gasteiger partial charge in [0.1, 0.15) is 0 Å². The van der Waals surface area contributed by atoms with Crippen molar-refractivity contribution in [1.29, 1.82) is 0 Å². The van der Waals surface area contributed by atoms with E-state index in [9.17, 15) is 4.79 Å². The first-order valence-electron chi connectivity index (χ1n) is 11.7. The van der Waals surface area contributed by atoms with Crippen LogP contribution in [0.2, 0.25) is 0 Å². The van der Waals surface area contributed by atoms with Crippen molar-refractivity contribution in [2.45, 2.75) is 33.4 Å². The smallest absolute Gasteiger partial charge is 0.351 e. The Hall–Kier alpha value is -4.40. The maximum absolute atomic E-state index is 13.7. The molecule has 0 N–H and O–H groups in total. The Labute approximate surface area is 208 Å². The predicted molar refractivity (Wildman–Crippen MR) is 139 cm³/mol. The molecular weight excluding hydrogens is 456 g/mol. The Balaban J connectivity index is 1.65. The molecule has 0 spiro atoms. The maximum atomic E-state index is 13.7. The second kappa shape index (κ2) is 9.33. The summed E-state index contributed by atoms with van der Waals surface area (Å²) in [4.78, 5) is 18.4. The van der Waals surface area contributed by atoms with Crippen LogP contribution in [0, 0.1) is 13.8 Å². The molecule has 0 aliphatic carbocycles. The Bertz CT molecular complexity index is 1640. The van der Waals surface area contributed by atoms with Gasteiger partial charge in [0.2, 0.25) is 0 Å². The standard InChI is InChI=1S/C27H28N6O3/c1-6-19-7-9-20(10-8-19)16-31-22-15-24(36-5)23(35-4)14-21(22)26-28-25(30-33(26)27(31)34)11-12-32-18(3)13-17(2)29-32/h6-10,13-15H,1,11-12,16H2,2-5H3. The summed E-state index contributed by atoms with van der Waals surface area (Å²) in [5, 5.41) is 9.85. The summed E-state index contributed by atoms with van der Waals surface area (Å²) in [6, 6.07) is 13.6. The predicted octanol–water partition coefficient (Wildman–Crippen LogP) is 3.81. The van der Waals surface area contributed by atoms with E-state index < -0.39 is 0 Å². The zero-order valence-corrected chi connectivity index (χ0v) is 20.9. The van der Waals surface area contributed by atoms with E-state index in [0.29, 0.717) is 48.0 Å². The number of rotatable bonds is 8. The second-order valence-corrected chi connectivity index (χ2v) is 8.70. The van der Waals surface area contributed by atoms with Crippen LogP contribution in [-0.4, -0.2) is 43.2 Å². The first-order chi connectivity index (χ1) is 17.4. The Morgan fingerprint density at radius 3 is 2.36 bits per heavy atom.